The third-order valence-electron chi connectivity index (χ3n) is 3.00. The normalized spacial score (nSPS) is 11.1. The first-order chi connectivity index (χ1) is 11.7. The number of hydrogen-bond acceptors (Lipinski definition) is 6. The fourth-order valence-electron chi connectivity index (χ4n) is 1.98. The summed E-state index contributed by atoms with van der Waals surface area (Å²) in [4.78, 5) is 22.8. The van der Waals surface area contributed by atoms with Gasteiger partial charge in [0.25, 0.3) is 5.69 Å². The molecule has 0 aliphatic heterocycles. The smallest absolute Gasteiger partial charge is 0.269 e. The van der Waals surface area contributed by atoms with Crippen molar-refractivity contribution in [2.45, 2.75) is 10.6 Å². The van der Waals surface area contributed by atoms with Crippen LogP contribution in [0.15, 0.2) is 53.4 Å². The van der Waals surface area contributed by atoms with Gasteiger partial charge in [-0.25, -0.2) is 13.6 Å². The molecule has 0 aliphatic carbocycles. The second-order valence-electron chi connectivity index (χ2n) is 5.10. The number of anilines is 1. The lowest BCUT2D eigenvalue weighted by molar-refractivity contribution is -0.384. The van der Waals surface area contributed by atoms with Crippen LogP contribution in [0.25, 0.3) is 0 Å². The number of nitrogens with zero attached hydrogens (tertiary/aromatic N) is 1. The first kappa shape index (κ1) is 18.9. The number of primary sulfonamides is 1. The molecule has 0 atom stereocenters. The first-order valence-electron chi connectivity index (χ1n) is 6.99. The lowest BCUT2D eigenvalue weighted by Gasteiger charge is -2.07. The van der Waals surface area contributed by atoms with Crippen molar-refractivity contribution >= 4 is 39.1 Å². The highest BCUT2D eigenvalue weighted by molar-refractivity contribution is 8.00. The largest absolute Gasteiger partial charge is 0.325 e. The second-order valence-corrected chi connectivity index (χ2v) is 7.76. The molecule has 0 bridgehead atoms. The minimum absolute atomic E-state index is 0.0135. The molecule has 2 aromatic carbocycles. The van der Waals surface area contributed by atoms with Gasteiger partial charge in [-0.15, -0.1) is 11.8 Å². The molecule has 0 aliphatic rings. The van der Waals surface area contributed by atoms with Crippen LogP contribution in [0.5, 0.6) is 0 Å². The number of rotatable bonds is 7. The van der Waals surface area contributed by atoms with E-state index in [0.717, 1.165) is 4.90 Å². The Morgan fingerprint density at radius 2 is 1.88 bits per heavy atom. The van der Waals surface area contributed by atoms with Crippen LogP contribution in [0, 0.1) is 10.1 Å². The van der Waals surface area contributed by atoms with Crippen LogP contribution in [-0.4, -0.2) is 25.0 Å². The van der Waals surface area contributed by atoms with E-state index in [4.69, 9.17) is 5.14 Å². The highest BCUT2D eigenvalue weighted by Gasteiger charge is 2.09. The summed E-state index contributed by atoms with van der Waals surface area (Å²) in [6.45, 7) is 0. The maximum atomic E-state index is 12.0. The predicted molar refractivity (Wildman–Crippen MR) is 95.7 cm³/mol. The van der Waals surface area contributed by atoms with E-state index in [9.17, 15) is 23.3 Å². The number of nitrogens with one attached hydrogen (secondary N) is 1. The van der Waals surface area contributed by atoms with E-state index >= 15 is 0 Å². The Hall–Kier alpha value is -2.43. The van der Waals surface area contributed by atoms with Crippen LogP contribution in [0.2, 0.25) is 0 Å². The third kappa shape index (κ3) is 6.53. The molecule has 2 aromatic rings. The lowest BCUT2D eigenvalue weighted by Crippen LogP contribution is -2.16. The van der Waals surface area contributed by atoms with Gasteiger partial charge < -0.3 is 5.32 Å². The van der Waals surface area contributed by atoms with Crippen LogP contribution >= 0.6 is 11.8 Å². The summed E-state index contributed by atoms with van der Waals surface area (Å²) in [6, 6.07) is 12.3. The van der Waals surface area contributed by atoms with Crippen LogP contribution in [0.1, 0.15) is 5.56 Å². The Labute approximate surface area is 148 Å². The lowest BCUT2D eigenvalue weighted by atomic mass is 10.2. The molecule has 25 heavy (non-hydrogen) atoms. The van der Waals surface area contributed by atoms with Crippen LogP contribution in [0.3, 0.4) is 0 Å². The van der Waals surface area contributed by atoms with Gasteiger partial charge in [0.1, 0.15) is 0 Å². The zero-order valence-corrected chi connectivity index (χ0v) is 14.5. The summed E-state index contributed by atoms with van der Waals surface area (Å²) in [6.07, 6.45) is 0. The molecule has 132 valence electrons. The molecule has 0 spiro atoms. The van der Waals surface area contributed by atoms with Crippen molar-refractivity contribution in [1.82, 2.24) is 0 Å². The summed E-state index contributed by atoms with van der Waals surface area (Å²) in [5.41, 5.74) is 0.930. The Morgan fingerprint density at radius 1 is 1.20 bits per heavy atom. The van der Waals surface area contributed by atoms with Crippen LogP contribution in [-0.2, 0) is 20.6 Å². The number of amides is 1. The number of thioether (sulfide) groups is 1. The van der Waals surface area contributed by atoms with Crippen molar-refractivity contribution < 1.29 is 18.1 Å². The van der Waals surface area contributed by atoms with E-state index in [1.54, 1.807) is 36.4 Å². The molecular weight excluding hydrogens is 366 g/mol. The number of nitro benzene ring substituents is 1. The van der Waals surface area contributed by atoms with Gasteiger partial charge in [-0.3, -0.25) is 14.9 Å². The van der Waals surface area contributed by atoms with Crippen LogP contribution in [0.4, 0.5) is 11.4 Å². The van der Waals surface area contributed by atoms with Crippen molar-refractivity contribution in [2.24, 2.45) is 5.14 Å². The minimum atomic E-state index is -3.64. The molecule has 8 nitrogen and oxygen atoms in total. The zero-order chi connectivity index (χ0) is 18.4. The number of carbonyl (C=O) groups is 1. The van der Waals surface area contributed by atoms with Gasteiger partial charge >= 0.3 is 0 Å². The third-order valence-corrected chi connectivity index (χ3v) is 4.74. The number of benzene rings is 2. The van der Waals surface area contributed by atoms with Gasteiger partial charge in [0, 0.05) is 22.7 Å². The Bertz CT molecular complexity index is 882. The topological polar surface area (TPSA) is 132 Å². The molecule has 0 saturated heterocycles. The quantitative estimate of drug-likeness (QED) is 0.429. The highest BCUT2D eigenvalue weighted by Crippen LogP contribution is 2.21. The summed E-state index contributed by atoms with van der Waals surface area (Å²) in [5.74, 6) is -0.484. The van der Waals surface area contributed by atoms with Gasteiger partial charge in [-0.1, -0.05) is 12.1 Å². The molecular formula is C15H15N3O5S2. The number of carbonyl (C=O) groups excluding carboxylic acids is 1. The summed E-state index contributed by atoms with van der Waals surface area (Å²) >= 11 is 1.23. The van der Waals surface area contributed by atoms with Gasteiger partial charge in [-0.2, -0.15) is 0 Å². The Kier molecular flexibility index (Phi) is 6.12. The van der Waals surface area contributed by atoms with Crippen molar-refractivity contribution in [3.05, 3.63) is 64.2 Å². The van der Waals surface area contributed by atoms with Crippen molar-refractivity contribution in [3.63, 3.8) is 0 Å². The highest BCUT2D eigenvalue weighted by atomic mass is 32.2. The average Bonchev–Trinajstić information content (AvgIpc) is 2.52. The zero-order valence-electron chi connectivity index (χ0n) is 12.9. The SMILES string of the molecule is NS(=O)(=O)Cc1cccc(NC(=O)CSc2ccc([N+](=O)[O-])cc2)c1. The second kappa shape index (κ2) is 8.10. The number of hydrogen-bond donors (Lipinski definition) is 2. The summed E-state index contributed by atoms with van der Waals surface area (Å²) in [5, 5.41) is 18.2. The fourth-order valence-corrected chi connectivity index (χ4v) is 3.32. The predicted octanol–water partition coefficient (Wildman–Crippen LogP) is 2.11. The van der Waals surface area contributed by atoms with Crippen molar-refractivity contribution in [2.75, 3.05) is 11.1 Å². The number of sulfonamides is 1. The van der Waals surface area contributed by atoms with E-state index in [2.05, 4.69) is 5.32 Å². The molecule has 3 N–H and O–H groups in total. The maximum absolute atomic E-state index is 12.0. The van der Waals surface area contributed by atoms with Gasteiger partial charge in [0.05, 0.1) is 16.4 Å². The molecule has 2 rings (SSSR count). The molecule has 0 radical (unpaired) electrons. The monoisotopic (exact) mass is 381 g/mol. The van der Waals surface area contributed by atoms with E-state index in [0.29, 0.717) is 11.3 Å². The fraction of sp³-hybridized carbons (Fsp3) is 0.133. The minimum Gasteiger partial charge on any atom is -0.325 e. The van der Waals surface area contributed by atoms with Crippen LogP contribution < -0.4 is 10.5 Å². The first-order valence-corrected chi connectivity index (χ1v) is 9.69. The Balaban J connectivity index is 1.92. The van der Waals surface area contributed by atoms with E-state index in [1.165, 1.54) is 23.9 Å². The van der Waals surface area contributed by atoms with Crippen molar-refractivity contribution in [3.8, 4) is 0 Å². The van der Waals surface area contributed by atoms with E-state index < -0.39 is 14.9 Å². The Morgan fingerprint density at radius 3 is 2.48 bits per heavy atom. The van der Waals surface area contributed by atoms with E-state index in [-0.39, 0.29) is 23.1 Å². The molecule has 1 amide bonds. The van der Waals surface area contributed by atoms with Gasteiger partial charge in [-0.05, 0) is 29.8 Å². The number of non-ortho nitro benzene ring substituents is 1. The maximum Gasteiger partial charge on any atom is 0.269 e. The number of nitrogens with two attached hydrogens (primary N) is 1. The van der Waals surface area contributed by atoms with E-state index in [1.807, 2.05) is 0 Å². The average molecular weight is 381 g/mol. The molecule has 0 saturated carbocycles. The molecule has 0 heterocycles. The molecule has 0 fully saturated rings. The molecule has 0 aromatic heterocycles. The summed E-state index contributed by atoms with van der Waals surface area (Å²) in [7, 11) is -3.64. The summed E-state index contributed by atoms with van der Waals surface area (Å²) < 4.78 is 22.2. The van der Waals surface area contributed by atoms with Gasteiger partial charge in [0.2, 0.25) is 15.9 Å². The van der Waals surface area contributed by atoms with Crippen molar-refractivity contribution in [1.29, 1.82) is 0 Å². The number of nitro groups is 1. The molecule has 0 unspecified atom stereocenters. The molecule has 10 heteroatoms. The standard InChI is InChI=1S/C15H15N3O5S2/c16-25(22,23)10-11-2-1-3-12(8-11)17-15(19)9-24-14-6-4-13(5-7-14)18(20)21/h1-8H,9-10H2,(H,17,19)(H2,16,22,23). The van der Waals surface area contributed by atoms with Gasteiger partial charge in [0.15, 0.2) is 0 Å².